The van der Waals surface area contributed by atoms with Gasteiger partial charge in [0.25, 0.3) is 10.0 Å². The fourth-order valence-corrected chi connectivity index (χ4v) is 5.70. The van der Waals surface area contributed by atoms with E-state index in [1.807, 2.05) is 58.9 Å². The first-order chi connectivity index (χ1) is 18.9. The quantitative estimate of drug-likeness (QED) is 0.325. The van der Waals surface area contributed by atoms with Crippen molar-refractivity contribution < 1.29 is 22.4 Å². The van der Waals surface area contributed by atoms with Gasteiger partial charge in [-0.3, -0.25) is 13.9 Å². The van der Waals surface area contributed by atoms with Crippen molar-refractivity contribution in [2.24, 2.45) is 5.92 Å². The van der Waals surface area contributed by atoms with Crippen molar-refractivity contribution in [2.45, 2.75) is 58.5 Å². The van der Waals surface area contributed by atoms with Crippen LogP contribution in [0.2, 0.25) is 0 Å². The normalized spacial score (nSPS) is 12.2. The fraction of sp³-hybridized carbons (Fsp3) is 0.355. The Labute approximate surface area is 237 Å². The summed E-state index contributed by atoms with van der Waals surface area (Å²) in [5.74, 6) is -1.16. The molecule has 0 aromatic heterocycles. The van der Waals surface area contributed by atoms with Crippen LogP contribution in [0.5, 0.6) is 0 Å². The Hall–Kier alpha value is -3.72. The van der Waals surface area contributed by atoms with Crippen molar-refractivity contribution >= 4 is 27.5 Å². The van der Waals surface area contributed by atoms with Crippen molar-refractivity contribution in [2.75, 3.05) is 17.4 Å². The molecule has 0 saturated heterocycles. The van der Waals surface area contributed by atoms with E-state index in [-0.39, 0.29) is 29.0 Å². The zero-order valence-electron chi connectivity index (χ0n) is 23.7. The smallest absolute Gasteiger partial charge is 0.264 e. The molecule has 0 aliphatic heterocycles. The van der Waals surface area contributed by atoms with Crippen LogP contribution >= 0.6 is 0 Å². The lowest BCUT2D eigenvalue weighted by molar-refractivity contribution is -0.140. The summed E-state index contributed by atoms with van der Waals surface area (Å²) >= 11 is 0. The first-order valence-corrected chi connectivity index (χ1v) is 14.8. The molecule has 1 atom stereocenters. The summed E-state index contributed by atoms with van der Waals surface area (Å²) in [5, 5.41) is 2.92. The lowest BCUT2D eigenvalue weighted by atomic mass is 10.1. The zero-order chi connectivity index (χ0) is 29.4. The Balaban J connectivity index is 2.05. The molecule has 1 N–H and O–H groups in total. The zero-order valence-corrected chi connectivity index (χ0v) is 24.5. The average Bonchev–Trinajstić information content (AvgIpc) is 2.92. The second-order valence-electron chi connectivity index (χ2n) is 10.3. The first kappa shape index (κ1) is 30.8. The van der Waals surface area contributed by atoms with Gasteiger partial charge in [-0.05, 0) is 73.7 Å². The number of rotatable bonds is 12. The van der Waals surface area contributed by atoms with Gasteiger partial charge in [-0.15, -0.1) is 0 Å². The highest BCUT2D eigenvalue weighted by atomic mass is 32.2. The van der Waals surface area contributed by atoms with E-state index in [0.717, 1.165) is 33.1 Å². The molecule has 0 saturated carbocycles. The van der Waals surface area contributed by atoms with Gasteiger partial charge in [0.1, 0.15) is 18.4 Å². The van der Waals surface area contributed by atoms with E-state index in [1.54, 1.807) is 12.1 Å². The highest BCUT2D eigenvalue weighted by Gasteiger charge is 2.33. The molecule has 40 heavy (non-hydrogen) atoms. The summed E-state index contributed by atoms with van der Waals surface area (Å²) in [4.78, 5) is 28.8. The van der Waals surface area contributed by atoms with Crippen LogP contribution in [0.4, 0.5) is 10.1 Å². The van der Waals surface area contributed by atoms with Crippen LogP contribution in [-0.2, 0) is 26.2 Å². The number of benzene rings is 3. The molecule has 0 bridgehead atoms. The molecule has 0 aliphatic rings. The van der Waals surface area contributed by atoms with Gasteiger partial charge in [0.15, 0.2) is 0 Å². The third-order valence-electron chi connectivity index (χ3n) is 6.67. The topological polar surface area (TPSA) is 86.8 Å². The fourth-order valence-electron chi connectivity index (χ4n) is 4.29. The number of hydrogen-bond donors (Lipinski definition) is 1. The predicted molar refractivity (Wildman–Crippen MR) is 156 cm³/mol. The van der Waals surface area contributed by atoms with Gasteiger partial charge in [-0.1, -0.05) is 62.7 Å². The second-order valence-corrected chi connectivity index (χ2v) is 12.2. The van der Waals surface area contributed by atoms with Gasteiger partial charge < -0.3 is 10.2 Å². The van der Waals surface area contributed by atoms with Crippen LogP contribution in [-0.4, -0.2) is 44.3 Å². The number of halogens is 1. The summed E-state index contributed by atoms with van der Waals surface area (Å²) in [7, 11) is -4.20. The molecule has 3 rings (SSSR count). The van der Waals surface area contributed by atoms with Crippen molar-refractivity contribution in [1.82, 2.24) is 10.2 Å². The maximum atomic E-state index is 14.1. The van der Waals surface area contributed by atoms with Gasteiger partial charge in [0.2, 0.25) is 11.8 Å². The summed E-state index contributed by atoms with van der Waals surface area (Å²) < 4.78 is 42.4. The van der Waals surface area contributed by atoms with E-state index in [4.69, 9.17) is 0 Å². The number of carbonyl (C=O) groups excluding carboxylic acids is 2. The number of aryl methyl sites for hydroxylation is 2. The summed E-state index contributed by atoms with van der Waals surface area (Å²) in [6.07, 6.45) is 0.336. The van der Waals surface area contributed by atoms with Crippen molar-refractivity contribution in [1.29, 1.82) is 0 Å². The first-order valence-electron chi connectivity index (χ1n) is 13.4. The van der Waals surface area contributed by atoms with Crippen LogP contribution in [0.1, 0.15) is 43.9 Å². The molecule has 0 radical (unpaired) electrons. The SMILES string of the molecule is CC[C@@H](C(=O)NCC(C)C)N(Cc1ccccc1C)C(=O)CN(c1ccc(F)cc1)S(=O)(=O)c1ccc(C)cc1. The number of hydrogen-bond acceptors (Lipinski definition) is 4. The van der Waals surface area contributed by atoms with Gasteiger partial charge >= 0.3 is 0 Å². The van der Waals surface area contributed by atoms with Crippen LogP contribution in [0, 0.1) is 25.6 Å². The third kappa shape index (κ3) is 7.69. The summed E-state index contributed by atoms with van der Waals surface area (Å²) in [5.41, 5.74) is 2.82. The van der Waals surface area contributed by atoms with Crippen LogP contribution in [0.15, 0.2) is 77.7 Å². The number of nitrogens with one attached hydrogen (secondary N) is 1. The van der Waals surface area contributed by atoms with Crippen molar-refractivity contribution in [3.63, 3.8) is 0 Å². The van der Waals surface area contributed by atoms with Crippen LogP contribution in [0.3, 0.4) is 0 Å². The molecular formula is C31H38FN3O4S. The number of nitrogens with zero attached hydrogens (tertiary/aromatic N) is 2. The largest absolute Gasteiger partial charge is 0.354 e. The second kappa shape index (κ2) is 13.6. The van der Waals surface area contributed by atoms with Gasteiger partial charge in [-0.2, -0.15) is 0 Å². The van der Waals surface area contributed by atoms with E-state index in [1.165, 1.54) is 29.2 Å². The number of carbonyl (C=O) groups is 2. The standard InChI is InChI=1S/C31H38FN3O4S/c1-6-29(31(37)33-19-22(2)3)34(20-25-10-8-7-9-24(25)5)30(36)21-35(27-15-13-26(32)14-16-27)40(38,39)28-17-11-23(4)12-18-28/h7-18,22,29H,6,19-21H2,1-5H3,(H,33,37)/t29-/m0/s1. The molecule has 0 aliphatic carbocycles. The minimum atomic E-state index is -4.20. The molecule has 214 valence electrons. The number of anilines is 1. The Morgan fingerprint density at radius 2 is 1.55 bits per heavy atom. The average molecular weight is 568 g/mol. The Morgan fingerprint density at radius 3 is 2.12 bits per heavy atom. The highest BCUT2D eigenvalue weighted by Crippen LogP contribution is 2.25. The Bertz CT molecular complexity index is 1410. The third-order valence-corrected chi connectivity index (χ3v) is 8.46. The van der Waals surface area contributed by atoms with E-state index in [0.29, 0.717) is 13.0 Å². The van der Waals surface area contributed by atoms with Gasteiger partial charge in [-0.25, -0.2) is 12.8 Å². The molecular weight excluding hydrogens is 529 g/mol. The van der Waals surface area contributed by atoms with Crippen LogP contribution in [0.25, 0.3) is 0 Å². The maximum Gasteiger partial charge on any atom is 0.264 e. The van der Waals surface area contributed by atoms with Crippen molar-refractivity contribution in [3.05, 3.63) is 95.3 Å². The number of sulfonamides is 1. The van der Waals surface area contributed by atoms with Gasteiger partial charge in [0.05, 0.1) is 10.6 Å². The summed E-state index contributed by atoms with van der Waals surface area (Å²) in [6, 6.07) is 18.0. The lowest BCUT2D eigenvalue weighted by Crippen LogP contribution is -2.52. The summed E-state index contributed by atoms with van der Waals surface area (Å²) in [6.45, 7) is 9.55. The van der Waals surface area contributed by atoms with Gasteiger partial charge in [0, 0.05) is 13.1 Å². The molecule has 0 spiro atoms. The van der Waals surface area contributed by atoms with E-state index >= 15 is 0 Å². The van der Waals surface area contributed by atoms with Crippen LogP contribution < -0.4 is 9.62 Å². The maximum absolute atomic E-state index is 14.1. The highest BCUT2D eigenvalue weighted by molar-refractivity contribution is 7.92. The molecule has 0 fully saturated rings. The van der Waals surface area contributed by atoms with Crippen molar-refractivity contribution in [3.8, 4) is 0 Å². The molecule has 0 heterocycles. The predicted octanol–water partition coefficient (Wildman–Crippen LogP) is 5.22. The Kier molecular flexibility index (Phi) is 10.5. The van der Waals surface area contributed by atoms with E-state index in [2.05, 4.69) is 5.32 Å². The molecule has 3 aromatic rings. The molecule has 0 unspecified atom stereocenters. The Morgan fingerprint density at radius 1 is 0.925 bits per heavy atom. The molecule has 7 nitrogen and oxygen atoms in total. The molecule has 3 aromatic carbocycles. The van der Waals surface area contributed by atoms with E-state index in [9.17, 15) is 22.4 Å². The molecule has 9 heteroatoms. The lowest BCUT2D eigenvalue weighted by Gasteiger charge is -2.33. The monoisotopic (exact) mass is 567 g/mol. The van der Waals surface area contributed by atoms with E-state index < -0.39 is 34.3 Å². The molecule has 2 amide bonds. The minimum Gasteiger partial charge on any atom is -0.354 e. The minimum absolute atomic E-state index is 0.00222. The number of amides is 2.